The van der Waals surface area contributed by atoms with Crippen LogP contribution >= 0.6 is 11.8 Å². The van der Waals surface area contributed by atoms with Crippen LogP contribution in [-0.4, -0.2) is 39.0 Å². The molecule has 2 N–H and O–H groups in total. The molecule has 0 unspecified atom stereocenters. The van der Waals surface area contributed by atoms with Crippen molar-refractivity contribution >= 4 is 23.7 Å². The number of hydrogen-bond acceptors (Lipinski definition) is 5. The number of amides is 3. The van der Waals surface area contributed by atoms with E-state index in [-0.39, 0.29) is 11.9 Å². The molecule has 1 heterocycles. The highest BCUT2D eigenvalue weighted by Gasteiger charge is 2.19. The van der Waals surface area contributed by atoms with Crippen molar-refractivity contribution in [3.05, 3.63) is 6.33 Å². The van der Waals surface area contributed by atoms with Gasteiger partial charge in [-0.05, 0) is 20.8 Å². The molecule has 1 rings (SSSR count). The molecule has 0 aliphatic heterocycles. The number of aromatic nitrogens is 3. The first-order chi connectivity index (χ1) is 8.45. The highest BCUT2D eigenvalue weighted by atomic mass is 32.2. The Kier molecular flexibility index (Phi) is 5.14. The lowest BCUT2D eigenvalue weighted by Crippen LogP contribution is -2.41. The van der Waals surface area contributed by atoms with Gasteiger partial charge in [-0.15, -0.1) is 10.2 Å². The third-order valence-electron chi connectivity index (χ3n) is 2.21. The number of nitrogens with one attached hydrogen (secondary N) is 2. The van der Waals surface area contributed by atoms with E-state index in [1.54, 1.807) is 13.3 Å². The number of hydrogen-bond donors (Lipinski definition) is 2. The Bertz CT molecular complexity index is 432. The highest BCUT2D eigenvalue weighted by molar-refractivity contribution is 8.00. The summed E-state index contributed by atoms with van der Waals surface area (Å²) in [6.45, 7) is 5.72. The van der Waals surface area contributed by atoms with Gasteiger partial charge in [-0.1, -0.05) is 11.8 Å². The van der Waals surface area contributed by atoms with Crippen LogP contribution in [0, 0.1) is 0 Å². The van der Waals surface area contributed by atoms with E-state index < -0.39 is 11.3 Å². The second kappa shape index (κ2) is 6.39. The summed E-state index contributed by atoms with van der Waals surface area (Å²) in [6, 6.07) is -0.297. The SMILES string of the molecule is CNC(=O)NC(=O)[C@H](C)Sc1nncn1C(C)C. The fourth-order valence-electron chi connectivity index (χ4n) is 1.16. The Morgan fingerprint density at radius 2 is 2.06 bits per heavy atom. The summed E-state index contributed by atoms with van der Waals surface area (Å²) in [7, 11) is 1.45. The molecule has 18 heavy (non-hydrogen) atoms. The molecule has 1 aromatic heterocycles. The van der Waals surface area contributed by atoms with Gasteiger partial charge in [0.05, 0.1) is 5.25 Å². The number of urea groups is 1. The van der Waals surface area contributed by atoms with Crippen molar-refractivity contribution in [2.75, 3.05) is 7.05 Å². The quantitative estimate of drug-likeness (QED) is 0.791. The van der Waals surface area contributed by atoms with Crippen LogP contribution in [0.3, 0.4) is 0 Å². The first-order valence-corrected chi connectivity index (χ1v) is 6.42. The van der Waals surface area contributed by atoms with E-state index >= 15 is 0 Å². The first-order valence-electron chi connectivity index (χ1n) is 5.54. The van der Waals surface area contributed by atoms with Crippen LogP contribution in [0.2, 0.25) is 0 Å². The summed E-state index contributed by atoms with van der Waals surface area (Å²) in [4.78, 5) is 22.7. The molecule has 0 radical (unpaired) electrons. The Balaban J connectivity index is 2.64. The molecular formula is C10H17N5O2S. The van der Waals surface area contributed by atoms with E-state index in [9.17, 15) is 9.59 Å². The van der Waals surface area contributed by atoms with Crippen LogP contribution in [0.25, 0.3) is 0 Å². The first kappa shape index (κ1) is 14.5. The van der Waals surface area contributed by atoms with Gasteiger partial charge in [0.25, 0.3) is 0 Å². The van der Waals surface area contributed by atoms with Crippen LogP contribution in [-0.2, 0) is 4.79 Å². The van der Waals surface area contributed by atoms with Gasteiger partial charge in [0, 0.05) is 13.1 Å². The van der Waals surface area contributed by atoms with E-state index in [0.717, 1.165) is 0 Å². The van der Waals surface area contributed by atoms with Gasteiger partial charge in [-0.3, -0.25) is 10.1 Å². The molecule has 1 atom stereocenters. The number of nitrogens with zero attached hydrogens (tertiary/aromatic N) is 3. The zero-order valence-electron chi connectivity index (χ0n) is 10.8. The van der Waals surface area contributed by atoms with Crippen molar-refractivity contribution in [2.24, 2.45) is 0 Å². The lowest BCUT2D eigenvalue weighted by Gasteiger charge is -2.13. The Hall–Kier alpha value is -1.57. The van der Waals surface area contributed by atoms with Gasteiger partial charge in [0.1, 0.15) is 6.33 Å². The molecule has 0 aliphatic rings. The lowest BCUT2D eigenvalue weighted by molar-refractivity contribution is -0.119. The average Bonchev–Trinajstić information content (AvgIpc) is 2.76. The molecule has 0 aromatic carbocycles. The standard InChI is InChI=1S/C10H17N5O2S/c1-6(2)15-5-12-14-10(15)18-7(3)8(16)13-9(17)11-4/h5-7H,1-4H3,(H2,11,13,16,17)/t7-/m0/s1. The number of rotatable bonds is 4. The summed E-state index contributed by atoms with van der Waals surface area (Å²) in [6.07, 6.45) is 1.62. The van der Waals surface area contributed by atoms with Crippen LogP contribution in [0.1, 0.15) is 26.8 Å². The van der Waals surface area contributed by atoms with Crippen LogP contribution < -0.4 is 10.6 Å². The summed E-state index contributed by atoms with van der Waals surface area (Å²) in [5, 5.41) is 12.5. The number of imide groups is 1. The average molecular weight is 271 g/mol. The molecular weight excluding hydrogens is 254 g/mol. The monoisotopic (exact) mass is 271 g/mol. The van der Waals surface area contributed by atoms with Gasteiger partial charge in [-0.2, -0.15) is 0 Å². The van der Waals surface area contributed by atoms with Crippen LogP contribution in [0.5, 0.6) is 0 Å². The predicted octanol–water partition coefficient (Wildman–Crippen LogP) is 0.795. The van der Waals surface area contributed by atoms with Gasteiger partial charge in [0.15, 0.2) is 5.16 Å². The van der Waals surface area contributed by atoms with E-state index in [4.69, 9.17) is 0 Å². The maximum Gasteiger partial charge on any atom is 0.321 e. The fraction of sp³-hybridized carbons (Fsp3) is 0.600. The van der Waals surface area contributed by atoms with Crippen molar-refractivity contribution in [1.82, 2.24) is 25.4 Å². The predicted molar refractivity (Wildman–Crippen MR) is 68.3 cm³/mol. The van der Waals surface area contributed by atoms with Crippen LogP contribution in [0.15, 0.2) is 11.5 Å². The van der Waals surface area contributed by atoms with E-state index in [1.165, 1.54) is 18.8 Å². The zero-order chi connectivity index (χ0) is 13.7. The minimum Gasteiger partial charge on any atom is -0.341 e. The molecule has 7 nitrogen and oxygen atoms in total. The molecule has 0 spiro atoms. The van der Waals surface area contributed by atoms with Gasteiger partial charge in [0.2, 0.25) is 5.91 Å². The topological polar surface area (TPSA) is 88.9 Å². The summed E-state index contributed by atoms with van der Waals surface area (Å²) in [5.41, 5.74) is 0. The second-order valence-corrected chi connectivity index (χ2v) is 5.25. The van der Waals surface area contributed by atoms with Crippen molar-refractivity contribution in [3.8, 4) is 0 Å². The number of carbonyl (C=O) groups is 2. The van der Waals surface area contributed by atoms with Gasteiger partial charge >= 0.3 is 6.03 Å². The van der Waals surface area contributed by atoms with Crippen molar-refractivity contribution < 1.29 is 9.59 Å². The molecule has 0 bridgehead atoms. The third kappa shape index (κ3) is 3.73. The molecule has 3 amide bonds. The maximum absolute atomic E-state index is 11.7. The van der Waals surface area contributed by atoms with Gasteiger partial charge < -0.3 is 9.88 Å². The minimum absolute atomic E-state index is 0.219. The summed E-state index contributed by atoms with van der Waals surface area (Å²) >= 11 is 1.26. The Labute approximate surface area is 110 Å². The number of thioether (sulfide) groups is 1. The second-order valence-electron chi connectivity index (χ2n) is 3.94. The van der Waals surface area contributed by atoms with Crippen molar-refractivity contribution in [1.29, 1.82) is 0 Å². The number of carbonyl (C=O) groups excluding carboxylic acids is 2. The summed E-state index contributed by atoms with van der Waals surface area (Å²) < 4.78 is 1.87. The smallest absolute Gasteiger partial charge is 0.321 e. The molecule has 8 heteroatoms. The molecule has 100 valence electrons. The lowest BCUT2D eigenvalue weighted by atomic mass is 10.4. The molecule has 0 saturated carbocycles. The normalized spacial score (nSPS) is 12.3. The maximum atomic E-state index is 11.7. The van der Waals surface area contributed by atoms with Gasteiger partial charge in [-0.25, -0.2) is 4.79 Å². The van der Waals surface area contributed by atoms with Crippen LogP contribution in [0.4, 0.5) is 4.79 Å². The van der Waals surface area contributed by atoms with E-state index in [1.807, 2.05) is 18.4 Å². The molecule has 0 aliphatic carbocycles. The Morgan fingerprint density at radius 1 is 1.39 bits per heavy atom. The molecule has 0 saturated heterocycles. The molecule has 1 aromatic rings. The third-order valence-corrected chi connectivity index (χ3v) is 3.28. The largest absolute Gasteiger partial charge is 0.341 e. The summed E-state index contributed by atoms with van der Waals surface area (Å²) in [5.74, 6) is -0.363. The van der Waals surface area contributed by atoms with E-state index in [0.29, 0.717) is 5.16 Å². The van der Waals surface area contributed by atoms with E-state index in [2.05, 4.69) is 20.8 Å². The zero-order valence-corrected chi connectivity index (χ0v) is 11.6. The molecule has 0 fully saturated rings. The van der Waals surface area contributed by atoms with Crippen molar-refractivity contribution in [2.45, 2.75) is 37.2 Å². The van der Waals surface area contributed by atoms with Crippen molar-refractivity contribution in [3.63, 3.8) is 0 Å². The fourth-order valence-corrected chi connectivity index (χ4v) is 2.11. The minimum atomic E-state index is -0.516. The Morgan fingerprint density at radius 3 is 2.61 bits per heavy atom. The highest BCUT2D eigenvalue weighted by Crippen LogP contribution is 2.23.